The summed E-state index contributed by atoms with van der Waals surface area (Å²) in [6.45, 7) is 2.45. The minimum Gasteiger partial charge on any atom is -0.463 e. The molecule has 0 saturated carbocycles. The van der Waals surface area contributed by atoms with E-state index < -0.39 is 5.97 Å². The van der Waals surface area contributed by atoms with Crippen molar-refractivity contribution in [3.8, 4) is 0 Å². The second-order valence-electron chi connectivity index (χ2n) is 3.92. The molecule has 2 rings (SSSR count). The molecular weight excluding hydrogens is 246 g/mol. The summed E-state index contributed by atoms with van der Waals surface area (Å²) in [4.78, 5) is 26.6. The van der Waals surface area contributed by atoms with E-state index in [4.69, 9.17) is 0 Å². The molecule has 0 aliphatic rings. The molecule has 7 heteroatoms. The molecule has 7 nitrogen and oxygen atoms in total. The summed E-state index contributed by atoms with van der Waals surface area (Å²) in [5.74, 6) is 1.01. The van der Waals surface area contributed by atoms with Gasteiger partial charge in [-0.3, -0.25) is 0 Å². The van der Waals surface area contributed by atoms with Crippen molar-refractivity contribution < 1.29 is 9.53 Å². The lowest BCUT2D eigenvalue weighted by molar-refractivity contribution is 0.0586. The van der Waals surface area contributed by atoms with Crippen molar-refractivity contribution in [1.82, 2.24) is 19.9 Å². The Bertz CT molecular complexity index is 553. The molecule has 2 aromatic rings. The van der Waals surface area contributed by atoms with Gasteiger partial charge in [0.2, 0.25) is 5.82 Å². The monoisotopic (exact) mass is 261 g/mol. The van der Waals surface area contributed by atoms with Crippen molar-refractivity contribution in [3.05, 3.63) is 35.8 Å². The van der Waals surface area contributed by atoms with Crippen LogP contribution in [-0.4, -0.2) is 39.6 Å². The van der Waals surface area contributed by atoms with Gasteiger partial charge in [-0.1, -0.05) is 0 Å². The average Bonchev–Trinajstić information content (AvgIpc) is 2.90. The summed E-state index contributed by atoms with van der Waals surface area (Å²) in [7, 11) is 1.30. The van der Waals surface area contributed by atoms with Gasteiger partial charge in [0.15, 0.2) is 0 Å². The normalized spacial score (nSPS) is 10.2. The number of aromatic nitrogens is 4. The molecule has 0 unspecified atom stereocenters. The number of hydrogen-bond donors (Lipinski definition) is 2. The van der Waals surface area contributed by atoms with E-state index in [2.05, 4.69) is 30.0 Å². The Labute approximate surface area is 110 Å². The standard InChI is InChI=1S/C12H15N5O2/c1-8-7-10(17-11(16-8)12(18)19-2)13-4-3-9-14-5-6-15-9/h5-7H,3-4H2,1-2H3,(H,14,15)(H,13,16,17). The van der Waals surface area contributed by atoms with E-state index in [0.717, 1.165) is 12.2 Å². The van der Waals surface area contributed by atoms with Gasteiger partial charge < -0.3 is 15.0 Å². The molecule has 100 valence electrons. The fraction of sp³-hybridized carbons (Fsp3) is 0.333. The van der Waals surface area contributed by atoms with Crippen molar-refractivity contribution in [3.63, 3.8) is 0 Å². The number of nitrogens with one attached hydrogen (secondary N) is 2. The van der Waals surface area contributed by atoms with E-state index >= 15 is 0 Å². The number of anilines is 1. The zero-order valence-electron chi connectivity index (χ0n) is 10.8. The van der Waals surface area contributed by atoms with Gasteiger partial charge in [0.1, 0.15) is 11.6 Å². The molecule has 0 atom stereocenters. The average molecular weight is 261 g/mol. The quantitative estimate of drug-likeness (QED) is 0.778. The number of esters is 1. The molecular formula is C12H15N5O2. The van der Waals surface area contributed by atoms with Crippen LogP contribution in [0.5, 0.6) is 0 Å². The van der Waals surface area contributed by atoms with Gasteiger partial charge in [-0.05, 0) is 6.92 Å². The number of ether oxygens (including phenoxy) is 1. The first-order chi connectivity index (χ1) is 9.19. The number of imidazole rings is 1. The van der Waals surface area contributed by atoms with Crippen LogP contribution in [0.25, 0.3) is 0 Å². The van der Waals surface area contributed by atoms with E-state index in [1.807, 2.05) is 0 Å². The van der Waals surface area contributed by atoms with Crippen LogP contribution in [0.2, 0.25) is 0 Å². The highest BCUT2D eigenvalue weighted by Gasteiger charge is 2.11. The van der Waals surface area contributed by atoms with E-state index in [-0.39, 0.29) is 5.82 Å². The number of nitrogens with zero attached hydrogens (tertiary/aromatic N) is 3. The van der Waals surface area contributed by atoms with Crippen molar-refractivity contribution in [2.24, 2.45) is 0 Å². The van der Waals surface area contributed by atoms with E-state index in [0.29, 0.717) is 18.1 Å². The second-order valence-corrected chi connectivity index (χ2v) is 3.92. The minimum atomic E-state index is -0.544. The van der Waals surface area contributed by atoms with Crippen LogP contribution in [0, 0.1) is 6.92 Å². The van der Waals surface area contributed by atoms with Crippen LogP contribution in [0.3, 0.4) is 0 Å². The number of aromatic amines is 1. The molecule has 0 spiro atoms. The highest BCUT2D eigenvalue weighted by molar-refractivity contribution is 5.85. The second kappa shape index (κ2) is 5.94. The van der Waals surface area contributed by atoms with Gasteiger partial charge >= 0.3 is 5.97 Å². The number of methoxy groups -OCH3 is 1. The predicted octanol–water partition coefficient (Wildman–Crippen LogP) is 0.949. The highest BCUT2D eigenvalue weighted by atomic mass is 16.5. The van der Waals surface area contributed by atoms with Crippen molar-refractivity contribution in [2.45, 2.75) is 13.3 Å². The van der Waals surface area contributed by atoms with Gasteiger partial charge in [-0.2, -0.15) is 0 Å². The third kappa shape index (κ3) is 3.51. The Morgan fingerprint density at radius 2 is 2.32 bits per heavy atom. The lowest BCUT2D eigenvalue weighted by Gasteiger charge is -2.06. The predicted molar refractivity (Wildman–Crippen MR) is 68.9 cm³/mol. The fourth-order valence-electron chi connectivity index (χ4n) is 1.59. The third-order valence-electron chi connectivity index (χ3n) is 2.44. The van der Waals surface area contributed by atoms with Crippen LogP contribution in [-0.2, 0) is 11.2 Å². The topological polar surface area (TPSA) is 92.8 Å². The first kappa shape index (κ1) is 13.0. The number of carbonyl (C=O) groups excluding carboxylic acids is 1. The van der Waals surface area contributed by atoms with Crippen LogP contribution in [0.1, 0.15) is 22.1 Å². The maximum absolute atomic E-state index is 11.4. The van der Waals surface area contributed by atoms with Crippen LogP contribution in [0.15, 0.2) is 18.5 Å². The Kier molecular flexibility index (Phi) is 4.07. The molecule has 0 aliphatic heterocycles. The van der Waals surface area contributed by atoms with Gasteiger partial charge in [-0.15, -0.1) is 0 Å². The Morgan fingerprint density at radius 3 is 3.00 bits per heavy atom. The van der Waals surface area contributed by atoms with Crippen molar-refractivity contribution in [2.75, 3.05) is 19.0 Å². The van der Waals surface area contributed by atoms with E-state index in [1.165, 1.54) is 7.11 Å². The molecule has 0 aliphatic carbocycles. The SMILES string of the molecule is COC(=O)c1nc(C)cc(NCCc2ncc[nH]2)n1. The summed E-state index contributed by atoms with van der Waals surface area (Å²) in [5.41, 5.74) is 0.705. The Morgan fingerprint density at radius 1 is 1.47 bits per heavy atom. The summed E-state index contributed by atoms with van der Waals surface area (Å²) in [6, 6.07) is 1.77. The third-order valence-corrected chi connectivity index (χ3v) is 2.44. The molecule has 0 amide bonds. The Hall–Kier alpha value is -2.44. The number of H-pyrrole nitrogens is 1. The Balaban J connectivity index is 1.99. The number of hydrogen-bond acceptors (Lipinski definition) is 6. The minimum absolute atomic E-state index is 0.0583. The lowest BCUT2D eigenvalue weighted by atomic mass is 10.3. The van der Waals surface area contributed by atoms with Crippen LogP contribution < -0.4 is 5.32 Å². The van der Waals surface area contributed by atoms with Crippen molar-refractivity contribution >= 4 is 11.8 Å². The summed E-state index contributed by atoms with van der Waals surface area (Å²) < 4.78 is 4.60. The summed E-state index contributed by atoms with van der Waals surface area (Å²) >= 11 is 0. The molecule has 2 N–H and O–H groups in total. The first-order valence-electron chi connectivity index (χ1n) is 5.85. The van der Waals surface area contributed by atoms with Crippen LogP contribution >= 0.6 is 0 Å². The maximum Gasteiger partial charge on any atom is 0.376 e. The van der Waals surface area contributed by atoms with Crippen LogP contribution in [0.4, 0.5) is 5.82 Å². The summed E-state index contributed by atoms with van der Waals surface area (Å²) in [5, 5.41) is 3.12. The zero-order valence-corrected chi connectivity index (χ0v) is 10.8. The smallest absolute Gasteiger partial charge is 0.376 e. The van der Waals surface area contributed by atoms with E-state index in [9.17, 15) is 4.79 Å². The lowest BCUT2D eigenvalue weighted by Crippen LogP contribution is -2.13. The number of carbonyl (C=O) groups is 1. The van der Waals surface area contributed by atoms with E-state index in [1.54, 1.807) is 25.4 Å². The zero-order chi connectivity index (χ0) is 13.7. The number of rotatable bonds is 5. The first-order valence-corrected chi connectivity index (χ1v) is 5.85. The molecule has 0 bridgehead atoms. The highest BCUT2D eigenvalue weighted by Crippen LogP contribution is 2.07. The molecule has 2 aromatic heterocycles. The van der Waals surface area contributed by atoms with Crippen molar-refractivity contribution in [1.29, 1.82) is 0 Å². The molecule has 19 heavy (non-hydrogen) atoms. The fourth-order valence-corrected chi connectivity index (χ4v) is 1.59. The summed E-state index contributed by atoms with van der Waals surface area (Å²) in [6.07, 6.45) is 4.22. The van der Waals surface area contributed by atoms with Gasteiger partial charge in [0.05, 0.1) is 7.11 Å². The van der Waals surface area contributed by atoms with Gasteiger partial charge in [0, 0.05) is 37.1 Å². The molecule has 0 saturated heterocycles. The molecule has 0 radical (unpaired) electrons. The molecule has 2 heterocycles. The van der Waals surface area contributed by atoms with Gasteiger partial charge in [0.25, 0.3) is 0 Å². The molecule has 0 aromatic carbocycles. The maximum atomic E-state index is 11.4. The van der Waals surface area contributed by atoms with Gasteiger partial charge in [-0.25, -0.2) is 19.7 Å². The molecule has 0 fully saturated rings. The largest absolute Gasteiger partial charge is 0.463 e. The number of aryl methyl sites for hydroxylation is 1.